The Bertz CT molecular complexity index is 422. The summed E-state index contributed by atoms with van der Waals surface area (Å²) in [6.45, 7) is 0. The maximum Gasteiger partial charge on any atom is 0.150 e. The summed E-state index contributed by atoms with van der Waals surface area (Å²) in [5.74, 6) is 0.528. The Morgan fingerprint density at radius 3 is 2.31 bits per heavy atom. The lowest BCUT2D eigenvalue weighted by molar-refractivity contribution is 0.198. The van der Waals surface area contributed by atoms with E-state index in [1.54, 1.807) is 19.2 Å². The van der Waals surface area contributed by atoms with Crippen molar-refractivity contribution in [1.82, 2.24) is 0 Å². The Morgan fingerprint density at radius 2 is 1.88 bits per heavy atom. The molecule has 0 aliphatic rings. The van der Waals surface area contributed by atoms with E-state index in [2.05, 4.69) is 0 Å². The van der Waals surface area contributed by atoms with Crippen LogP contribution < -0.4 is 4.74 Å². The summed E-state index contributed by atoms with van der Waals surface area (Å²) >= 11 is 0. The summed E-state index contributed by atoms with van der Waals surface area (Å²) in [6, 6.07) is 7.18. The number of hydrogen-bond donors (Lipinski definition) is 1. The average molecular weight is 244 g/mol. The lowest BCUT2D eigenvalue weighted by Crippen LogP contribution is -2.21. The van der Waals surface area contributed by atoms with E-state index in [1.807, 2.05) is 12.1 Å². The molecule has 5 heteroatoms. The highest BCUT2D eigenvalue weighted by Crippen LogP contribution is 2.13. The maximum atomic E-state index is 11.0. The summed E-state index contributed by atoms with van der Waals surface area (Å²) in [4.78, 5) is 0. The lowest BCUT2D eigenvalue weighted by atomic mass is 10.1. The zero-order chi connectivity index (χ0) is 12.2. The second kappa shape index (κ2) is 5.32. The van der Waals surface area contributed by atoms with E-state index in [0.717, 1.165) is 17.6 Å². The van der Waals surface area contributed by atoms with E-state index in [4.69, 9.17) is 4.74 Å². The molecule has 0 amide bonds. The molecule has 90 valence electrons. The minimum atomic E-state index is -3.13. The molecule has 0 radical (unpaired) electrons. The van der Waals surface area contributed by atoms with E-state index in [-0.39, 0.29) is 5.75 Å². The number of sulfone groups is 1. The molecule has 0 bridgehead atoms. The van der Waals surface area contributed by atoms with E-state index in [9.17, 15) is 13.5 Å². The Kier molecular flexibility index (Phi) is 4.32. The molecule has 1 N–H and O–H groups in total. The van der Waals surface area contributed by atoms with Gasteiger partial charge in [-0.25, -0.2) is 8.42 Å². The number of aliphatic hydroxyl groups excluding tert-OH is 1. The third kappa shape index (κ3) is 4.63. The zero-order valence-electron chi connectivity index (χ0n) is 9.38. The van der Waals surface area contributed by atoms with Crippen LogP contribution in [0.4, 0.5) is 0 Å². The summed E-state index contributed by atoms with van der Waals surface area (Å²) in [5.41, 5.74) is 0.886. The average Bonchev–Trinajstić information content (AvgIpc) is 2.16. The summed E-state index contributed by atoms with van der Waals surface area (Å²) in [7, 11) is -1.55. The number of rotatable bonds is 5. The van der Waals surface area contributed by atoms with Crippen LogP contribution in [0.1, 0.15) is 5.56 Å². The van der Waals surface area contributed by atoms with Crippen molar-refractivity contribution in [2.75, 3.05) is 19.1 Å². The zero-order valence-corrected chi connectivity index (χ0v) is 10.2. The highest BCUT2D eigenvalue weighted by molar-refractivity contribution is 7.90. The van der Waals surface area contributed by atoms with Crippen LogP contribution in [0.15, 0.2) is 24.3 Å². The first-order chi connectivity index (χ1) is 7.40. The third-order valence-corrected chi connectivity index (χ3v) is 3.12. The first-order valence-corrected chi connectivity index (χ1v) is 6.95. The standard InChI is InChI=1S/C11H16O4S/c1-15-11-5-3-9(4-6-11)7-10(12)8-16(2,13)14/h3-6,10,12H,7-8H2,1-2H3. The molecular formula is C11H16O4S. The highest BCUT2D eigenvalue weighted by atomic mass is 32.2. The molecule has 0 aliphatic heterocycles. The van der Waals surface area contributed by atoms with E-state index in [0.29, 0.717) is 6.42 Å². The Labute approximate surface area is 95.8 Å². The van der Waals surface area contributed by atoms with Crippen molar-refractivity contribution in [3.8, 4) is 5.75 Å². The fourth-order valence-corrected chi connectivity index (χ4v) is 2.26. The topological polar surface area (TPSA) is 63.6 Å². The van der Waals surface area contributed by atoms with Crippen LogP contribution in [0.3, 0.4) is 0 Å². The van der Waals surface area contributed by atoms with Crippen molar-refractivity contribution in [3.05, 3.63) is 29.8 Å². The number of benzene rings is 1. The number of methoxy groups -OCH3 is 1. The molecule has 0 fully saturated rings. The van der Waals surface area contributed by atoms with Gasteiger partial charge in [-0.3, -0.25) is 0 Å². The van der Waals surface area contributed by atoms with Crippen molar-refractivity contribution in [2.24, 2.45) is 0 Å². The molecule has 0 spiro atoms. The normalized spacial score (nSPS) is 13.4. The van der Waals surface area contributed by atoms with E-state index >= 15 is 0 Å². The van der Waals surface area contributed by atoms with Gasteiger partial charge in [0.2, 0.25) is 0 Å². The van der Waals surface area contributed by atoms with Crippen LogP contribution in [0.5, 0.6) is 5.75 Å². The van der Waals surface area contributed by atoms with Gasteiger partial charge >= 0.3 is 0 Å². The summed E-state index contributed by atoms with van der Waals surface area (Å²) in [5, 5.41) is 9.55. The third-order valence-electron chi connectivity index (χ3n) is 2.13. The van der Waals surface area contributed by atoms with Gasteiger partial charge in [-0.1, -0.05) is 12.1 Å². The largest absolute Gasteiger partial charge is 0.497 e. The van der Waals surface area contributed by atoms with Crippen LogP contribution in [-0.2, 0) is 16.3 Å². The lowest BCUT2D eigenvalue weighted by Gasteiger charge is -2.09. The molecule has 0 aliphatic carbocycles. The number of aliphatic hydroxyl groups is 1. The molecule has 0 saturated heterocycles. The van der Waals surface area contributed by atoms with Crippen LogP contribution in [0.2, 0.25) is 0 Å². The van der Waals surface area contributed by atoms with Crippen molar-refractivity contribution in [3.63, 3.8) is 0 Å². The molecule has 1 aromatic rings. The second-order valence-electron chi connectivity index (χ2n) is 3.80. The fourth-order valence-electron chi connectivity index (χ4n) is 1.44. The summed E-state index contributed by atoms with van der Waals surface area (Å²) < 4.78 is 26.9. The van der Waals surface area contributed by atoms with Gasteiger partial charge in [-0.2, -0.15) is 0 Å². The highest BCUT2D eigenvalue weighted by Gasteiger charge is 2.12. The number of hydrogen-bond acceptors (Lipinski definition) is 4. The molecule has 0 heterocycles. The Hall–Kier alpha value is -1.07. The quantitative estimate of drug-likeness (QED) is 0.825. The molecule has 0 saturated carbocycles. The minimum absolute atomic E-state index is 0.209. The Morgan fingerprint density at radius 1 is 1.31 bits per heavy atom. The first-order valence-electron chi connectivity index (χ1n) is 4.89. The predicted octanol–water partition coefficient (Wildman–Crippen LogP) is 0.643. The van der Waals surface area contributed by atoms with Crippen molar-refractivity contribution in [2.45, 2.75) is 12.5 Å². The molecular weight excluding hydrogens is 228 g/mol. The summed E-state index contributed by atoms with van der Waals surface area (Å²) in [6.07, 6.45) is 0.588. The molecule has 16 heavy (non-hydrogen) atoms. The predicted molar refractivity (Wildman–Crippen MR) is 62.4 cm³/mol. The molecule has 1 rings (SSSR count). The Balaban J connectivity index is 2.59. The van der Waals surface area contributed by atoms with Gasteiger partial charge in [0.05, 0.1) is 19.0 Å². The molecule has 1 aromatic carbocycles. The monoisotopic (exact) mass is 244 g/mol. The van der Waals surface area contributed by atoms with Crippen LogP contribution in [0.25, 0.3) is 0 Å². The van der Waals surface area contributed by atoms with Gasteiger partial charge in [0.15, 0.2) is 0 Å². The maximum absolute atomic E-state index is 11.0. The molecule has 4 nitrogen and oxygen atoms in total. The SMILES string of the molecule is COc1ccc(CC(O)CS(C)(=O)=O)cc1. The van der Waals surface area contributed by atoms with Crippen molar-refractivity contribution >= 4 is 9.84 Å². The van der Waals surface area contributed by atoms with E-state index < -0.39 is 15.9 Å². The van der Waals surface area contributed by atoms with Crippen molar-refractivity contribution in [1.29, 1.82) is 0 Å². The second-order valence-corrected chi connectivity index (χ2v) is 5.98. The van der Waals surface area contributed by atoms with Gasteiger partial charge in [0.25, 0.3) is 0 Å². The number of ether oxygens (including phenoxy) is 1. The fraction of sp³-hybridized carbons (Fsp3) is 0.455. The smallest absolute Gasteiger partial charge is 0.150 e. The van der Waals surface area contributed by atoms with E-state index in [1.165, 1.54) is 0 Å². The molecule has 1 atom stereocenters. The van der Waals surface area contributed by atoms with Crippen LogP contribution >= 0.6 is 0 Å². The van der Waals surface area contributed by atoms with Crippen LogP contribution in [0, 0.1) is 0 Å². The first kappa shape index (κ1) is 13.0. The molecule has 1 unspecified atom stereocenters. The van der Waals surface area contributed by atoms with Gasteiger partial charge in [-0.15, -0.1) is 0 Å². The van der Waals surface area contributed by atoms with Crippen LogP contribution in [-0.4, -0.2) is 38.7 Å². The van der Waals surface area contributed by atoms with Gasteiger partial charge < -0.3 is 9.84 Å². The van der Waals surface area contributed by atoms with Gasteiger partial charge in [-0.05, 0) is 24.1 Å². The van der Waals surface area contributed by atoms with Crippen molar-refractivity contribution < 1.29 is 18.3 Å². The minimum Gasteiger partial charge on any atom is -0.497 e. The molecule has 0 aromatic heterocycles. The van der Waals surface area contributed by atoms with Gasteiger partial charge in [0, 0.05) is 6.26 Å². The van der Waals surface area contributed by atoms with Gasteiger partial charge in [0.1, 0.15) is 15.6 Å².